The third kappa shape index (κ3) is 2.46. The van der Waals surface area contributed by atoms with E-state index in [9.17, 15) is 0 Å². The minimum atomic E-state index is 0.603. The Balaban J connectivity index is 1.98. The number of aromatic nitrogens is 3. The number of nitrogens with zero attached hydrogens (tertiary/aromatic N) is 3. The van der Waals surface area contributed by atoms with E-state index < -0.39 is 0 Å². The van der Waals surface area contributed by atoms with Gasteiger partial charge in [0, 0.05) is 18.0 Å². The highest BCUT2D eigenvalue weighted by molar-refractivity contribution is 5.61. The van der Waals surface area contributed by atoms with Gasteiger partial charge in [-0.25, -0.2) is 9.67 Å². The van der Waals surface area contributed by atoms with Crippen LogP contribution in [0.25, 0.3) is 16.9 Å². The van der Waals surface area contributed by atoms with Crippen molar-refractivity contribution in [3.8, 4) is 16.9 Å². The molecule has 0 aliphatic carbocycles. The fourth-order valence-electron chi connectivity index (χ4n) is 2.21. The fraction of sp³-hybridized carbons (Fsp3) is 0.125. The fourth-order valence-corrected chi connectivity index (χ4v) is 2.21. The Labute approximate surface area is 117 Å². The monoisotopic (exact) mass is 264 g/mol. The maximum atomic E-state index is 5.65. The molecule has 0 amide bonds. The molecule has 0 aliphatic heterocycles. The van der Waals surface area contributed by atoms with E-state index in [0.29, 0.717) is 6.54 Å². The maximum absolute atomic E-state index is 5.65. The van der Waals surface area contributed by atoms with Gasteiger partial charge in [0.15, 0.2) is 5.82 Å². The summed E-state index contributed by atoms with van der Waals surface area (Å²) in [7, 11) is 0. The van der Waals surface area contributed by atoms with E-state index in [-0.39, 0.29) is 0 Å². The second kappa shape index (κ2) is 5.67. The summed E-state index contributed by atoms with van der Waals surface area (Å²) in [5.41, 5.74) is 8.98. The Hall–Kier alpha value is -2.46. The molecule has 2 N–H and O–H groups in total. The molecule has 0 aliphatic rings. The topological polar surface area (TPSA) is 56.7 Å². The van der Waals surface area contributed by atoms with Crippen molar-refractivity contribution in [3.63, 3.8) is 0 Å². The van der Waals surface area contributed by atoms with Crippen molar-refractivity contribution in [2.75, 3.05) is 6.54 Å². The third-order valence-electron chi connectivity index (χ3n) is 3.19. The van der Waals surface area contributed by atoms with Crippen molar-refractivity contribution in [1.29, 1.82) is 0 Å². The van der Waals surface area contributed by atoms with Gasteiger partial charge in [-0.1, -0.05) is 36.4 Å². The number of nitrogens with two attached hydrogens (primary N) is 1. The van der Waals surface area contributed by atoms with Crippen molar-refractivity contribution in [1.82, 2.24) is 14.8 Å². The normalized spacial score (nSPS) is 10.7. The molecule has 0 fully saturated rings. The minimum Gasteiger partial charge on any atom is -0.330 e. The van der Waals surface area contributed by atoms with E-state index in [2.05, 4.69) is 22.2 Å². The second-order valence-corrected chi connectivity index (χ2v) is 4.56. The first-order valence-electron chi connectivity index (χ1n) is 6.63. The summed E-state index contributed by atoms with van der Waals surface area (Å²) in [5.74, 6) is 0.847. The Morgan fingerprint density at radius 3 is 2.65 bits per heavy atom. The van der Waals surface area contributed by atoms with E-state index >= 15 is 0 Å². The van der Waals surface area contributed by atoms with E-state index in [4.69, 9.17) is 5.73 Å². The highest BCUT2D eigenvalue weighted by Gasteiger charge is 2.08. The summed E-state index contributed by atoms with van der Waals surface area (Å²) in [4.78, 5) is 4.42. The number of pyridine rings is 1. The zero-order chi connectivity index (χ0) is 13.8. The Kier molecular flexibility index (Phi) is 3.56. The highest BCUT2D eigenvalue weighted by atomic mass is 15.3. The lowest BCUT2D eigenvalue weighted by Gasteiger charge is -2.06. The molecule has 4 nitrogen and oxygen atoms in total. The lowest BCUT2D eigenvalue weighted by Crippen LogP contribution is -2.08. The van der Waals surface area contributed by atoms with E-state index in [1.54, 1.807) is 6.20 Å². The average Bonchev–Trinajstić information content (AvgIpc) is 2.99. The van der Waals surface area contributed by atoms with Crippen LogP contribution in [0.3, 0.4) is 0 Å². The van der Waals surface area contributed by atoms with Crippen LogP contribution < -0.4 is 5.73 Å². The van der Waals surface area contributed by atoms with E-state index in [0.717, 1.165) is 28.9 Å². The van der Waals surface area contributed by atoms with Crippen molar-refractivity contribution in [2.45, 2.75) is 6.42 Å². The van der Waals surface area contributed by atoms with Gasteiger partial charge in [-0.05, 0) is 30.2 Å². The summed E-state index contributed by atoms with van der Waals surface area (Å²) < 4.78 is 1.81. The Bertz CT molecular complexity index is 688. The van der Waals surface area contributed by atoms with Gasteiger partial charge in [0.05, 0.1) is 6.20 Å². The van der Waals surface area contributed by atoms with Crippen molar-refractivity contribution in [2.24, 2.45) is 5.73 Å². The Morgan fingerprint density at radius 1 is 1.00 bits per heavy atom. The lowest BCUT2D eigenvalue weighted by molar-refractivity contribution is 0.818. The summed E-state index contributed by atoms with van der Waals surface area (Å²) in [6, 6.07) is 14.2. The van der Waals surface area contributed by atoms with Crippen LogP contribution in [-0.2, 0) is 6.42 Å². The van der Waals surface area contributed by atoms with Crippen LogP contribution in [0.2, 0.25) is 0 Å². The molecule has 2 heterocycles. The van der Waals surface area contributed by atoms with Gasteiger partial charge in [-0.15, -0.1) is 0 Å². The quantitative estimate of drug-likeness (QED) is 0.787. The minimum absolute atomic E-state index is 0.603. The van der Waals surface area contributed by atoms with Crippen molar-refractivity contribution in [3.05, 3.63) is 66.6 Å². The molecule has 100 valence electrons. The number of hydrogen-bond donors (Lipinski definition) is 1. The van der Waals surface area contributed by atoms with Crippen molar-refractivity contribution < 1.29 is 0 Å². The molecule has 0 unspecified atom stereocenters. The number of benzene rings is 1. The van der Waals surface area contributed by atoms with Crippen LogP contribution in [0.5, 0.6) is 0 Å². The van der Waals surface area contributed by atoms with Gasteiger partial charge < -0.3 is 5.73 Å². The zero-order valence-corrected chi connectivity index (χ0v) is 11.1. The summed E-state index contributed by atoms with van der Waals surface area (Å²) in [6.07, 6.45) is 6.43. The molecule has 0 atom stereocenters. The molecule has 4 heteroatoms. The van der Waals surface area contributed by atoms with Gasteiger partial charge in [0.2, 0.25) is 0 Å². The molecule has 0 saturated heterocycles. The second-order valence-electron chi connectivity index (χ2n) is 4.56. The van der Waals surface area contributed by atoms with Crippen LogP contribution >= 0.6 is 0 Å². The summed E-state index contributed by atoms with van der Waals surface area (Å²) in [6.45, 7) is 0.603. The molecular weight excluding hydrogens is 248 g/mol. The molecule has 3 rings (SSSR count). The molecule has 0 radical (unpaired) electrons. The van der Waals surface area contributed by atoms with Crippen LogP contribution in [0.15, 0.2) is 61.1 Å². The molecular formula is C16H16N4. The van der Waals surface area contributed by atoms with Gasteiger partial charge in [-0.2, -0.15) is 5.10 Å². The lowest BCUT2D eigenvalue weighted by atomic mass is 10.1. The standard InChI is InChI=1S/C16H16N4/c17-9-8-14-7-4-10-18-16(14)20-12-15(11-19-20)13-5-2-1-3-6-13/h1-7,10-12H,8-9,17H2. The Morgan fingerprint density at radius 2 is 1.85 bits per heavy atom. The van der Waals surface area contributed by atoms with Crippen LogP contribution in [0.4, 0.5) is 0 Å². The first-order valence-corrected chi connectivity index (χ1v) is 6.63. The van der Waals surface area contributed by atoms with Gasteiger partial charge in [-0.3, -0.25) is 0 Å². The predicted octanol–water partition coefficient (Wildman–Crippen LogP) is 2.44. The molecule has 0 bridgehead atoms. The first kappa shape index (κ1) is 12.6. The van der Waals surface area contributed by atoms with Crippen LogP contribution in [0.1, 0.15) is 5.56 Å². The summed E-state index contributed by atoms with van der Waals surface area (Å²) >= 11 is 0. The molecule has 1 aromatic carbocycles. The summed E-state index contributed by atoms with van der Waals surface area (Å²) in [5, 5.41) is 4.42. The van der Waals surface area contributed by atoms with Gasteiger partial charge in [0.25, 0.3) is 0 Å². The number of rotatable bonds is 4. The number of hydrogen-bond acceptors (Lipinski definition) is 3. The molecule has 20 heavy (non-hydrogen) atoms. The SMILES string of the molecule is NCCc1cccnc1-n1cc(-c2ccccc2)cn1. The average molecular weight is 264 g/mol. The van der Waals surface area contributed by atoms with Crippen LogP contribution in [0, 0.1) is 0 Å². The predicted molar refractivity (Wildman–Crippen MR) is 79.6 cm³/mol. The molecule has 3 aromatic rings. The van der Waals surface area contributed by atoms with E-state index in [1.165, 1.54) is 0 Å². The largest absolute Gasteiger partial charge is 0.330 e. The van der Waals surface area contributed by atoms with Crippen LogP contribution in [-0.4, -0.2) is 21.3 Å². The smallest absolute Gasteiger partial charge is 0.156 e. The molecule has 2 aromatic heterocycles. The third-order valence-corrected chi connectivity index (χ3v) is 3.19. The van der Waals surface area contributed by atoms with Gasteiger partial charge >= 0.3 is 0 Å². The molecule has 0 saturated carbocycles. The first-order chi connectivity index (χ1) is 9.88. The maximum Gasteiger partial charge on any atom is 0.156 e. The van der Waals surface area contributed by atoms with Gasteiger partial charge in [0.1, 0.15) is 0 Å². The van der Waals surface area contributed by atoms with E-state index in [1.807, 2.05) is 47.4 Å². The zero-order valence-electron chi connectivity index (χ0n) is 11.1. The van der Waals surface area contributed by atoms with Crippen molar-refractivity contribution >= 4 is 0 Å². The highest BCUT2D eigenvalue weighted by Crippen LogP contribution is 2.20. The molecule has 0 spiro atoms.